The second-order valence-corrected chi connectivity index (χ2v) is 5.61. The number of hydrogen-bond donors (Lipinski definition) is 2. The molecule has 0 radical (unpaired) electrons. The third-order valence-corrected chi connectivity index (χ3v) is 4.08. The van der Waals surface area contributed by atoms with E-state index in [2.05, 4.69) is 20.3 Å². The number of carbonyl (C=O) groups excluding carboxylic acids is 1. The summed E-state index contributed by atoms with van der Waals surface area (Å²) in [4.78, 5) is 27.0. The van der Waals surface area contributed by atoms with Gasteiger partial charge in [0, 0.05) is 49.9 Å². The van der Waals surface area contributed by atoms with Gasteiger partial charge in [0.25, 0.3) is 5.91 Å². The molecule has 120 valence electrons. The van der Waals surface area contributed by atoms with E-state index in [-0.39, 0.29) is 24.5 Å². The van der Waals surface area contributed by atoms with Crippen LogP contribution < -0.4 is 10.2 Å². The molecular weight excluding hydrogens is 294 g/mol. The number of carbonyl (C=O) groups is 1. The van der Waals surface area contributed by atoms with Crippen molar-refractivity contribution in [1.82, 2.24) is 20.3 Å². The number of nitrogens with one attached hydrogen (secondary N) is 1. The molecule has 2 aromatic rings. The van der Waals surface area contributed by atoms with Gasteiger partial charge in [-0.3, -0.25) is 9.78 Å². The average molecular weight is 313 g/mol. The number of hydrogen-bond acceptors (Lipinski definition) is 6. The Bertz CT molecular complexity index is 679. The average Bonchev–Trinajstić information content (AvgIpc) is 2.99. The summed E-state index contributed by atoms with van der Waals surface area (Å²) in [6.07, 6.45) is 5.02. The zero-order valence-electron chi connectivity index (χ0n) is 12.9. The van der Waals surface area contributed by atoms with Crippen LogP contribution in [0.4, 0.5) is 5.95 Å². The number of aromatic nitrogens is 3. The monoisotopic (exact) mass is 313 g/mol. The number of nitrogens with zero attached hydrogens (tertiary/aromatic N) is 4. The lowest BCUT2D eigenvalue weighted by Gasteiger charge is -2.18. The maximum atomic E-state index is 12.4. The molecule has 7 heteroatoms. The molecule has 1 amide bonds. The molecule has 0 aliphatic carbocycles. The third-order valence-electron chi connectivity index (χ3n) is 4.08. The quantitative estimate of drug-likeness (QED) is 0.849. The van der Waals surface area contributed by atoms with Crippen molar-refractivity contribution in [2.75, 3.05) is 24.6 Å². The van der Waals surface area contributed by atoms with Crippen LogP contribution in [0.25, 0.3) is 0 Å². The summed E-state index contributed by atoms with van der Waals surface area (Å²) in [5.41, 5.74) is 1.24. The Morgan fingerprint density at radius 3 is 2.70 bits per heavy atom. The van der Waals surface area contributed by atoms with Crippen molar-refractivity contribution in [2.45, 2.75) is 13.0 Å². The molecule has 2 aromatic heterocycles. The van der Waals surface area contributed by atoms with Gasteiger partial charge in [0.05, 0.1) is 11.6 Å². The standard InChI is InChI=1S/C16H19N5O2/c1-11-13(4-2-5-17-11)15(23)20-14-9-21(8-12(14)10-22)16-18-6-3-7-19-16/h2-7,12,14,22H,8-10H2,1H3,(H,20,23)/t12-,14+/m0/s1. The van der Waals surface area contributed by atoms with Gasteiger partial charge in [0.2, 0.25) is 5.95 Å². The first-order valence-electron chi connectivity index (χ1n) is 7.54. The van der Waals surface area contributed by atoms with Crippen molar-refractivity contribution in [1.29, 1.82) is 0 Å². The molecule has 2 N–H and O–H groups in total. The first-order valence-corrected chi connectivity index (χ1v) is 7.54. The van der Waals surface area contributed by atoms with Gasteiger partial charge in [-0.15, -0.1) is 0 Å². The third kappa shape index (κ3) is 3.29. The Hall–Kier alpha value is -2.54. The maximum Gasteiger partial charge on any atom is 0.253 e. The highest BCUT2D eigenvalue weighted by molar-refractivity contribution is 5.95. The summed E-state index contributed by atoms with van der Waals surface area (Å²) in [5.74, 6) is 0.384. The maximum absolute atomic E-state index is 12.4. The van der Waals surface area contributed by atoms with Gasteiger partial charge in [0.15, 0.2) is 0 Å². The largest absolute Gasteiger partial charge is 0.396 e. The van der Waals surface area contributed by atoms with Crippen LogP contribution in [-0.2, 0) is 0 Å². The Labute approximate surface area is 134 Å². The molecule has 0 aromatic carbocycles. The van der Waals surface area contributed by atoms with Crippen LogP contribution in [0.15, 0.2) is 36.8 Å². The number of rotatable bonds is 4. The van der Waals surface area contributed by atoms with E-state index in [4.69, 9.17) is 0 Å². The molecular formula is C16H19N5O2. The van der Waals surface area contributed by atoms with E-state index in [1.54, 1.807) is 43.7 Å². The SMILES string of the molecule is Cc1ncccc1C(=O)N[C@@H]1CN(c2ncccn2)C[C@H]1CO. The molecule has 2 atom stereocenters. The number of aryl methyl sites for hydroxylation is 1. The number of aliphatic hydroxyl groups excluding tert-OH is 1. The fourth-order valence-electron chi connectivity index (χ4n) is 2.81. The second-order valence-electron chi connectivity index (χ2n) is 5.61. The van der Waals surface area contributed by atoms with Crippen LogP contribution in [0, 0.1) is 12.8 Å². The summed E-state index contributed by atoms with van der Waals surface area (Å²) in [7, 11) is 0. The molecule has 0 bridgehead atoms. The number of aliphatic hydroxyl groups is 1. The predicted octanol–water partition coefficient (Wildman–Crippen LogP) is 0.407. The molecule has 23 heavy (non-hydrogen) atoms. The first-order chi connectivity index (χ1) is 11.2. The predicted molar refractivity (Wildman–Crippen MR) is 85.0 cm³/mol. The Morgan fingerprint density at radius 2 is 2.00 bits per heavy atom. The fraction of sp³-hybridized carbons (Fsp3) is 0.375. The van der Waals surface area contributed by atoms with E-state index in [1.807, 2.05) is 4.90 Å². The van der Waals surface area contributed by atoms with Crippen LogP contribution >= 0.6 is 0 Å². The van der Waals surface area contributed by atoms with Crippen molar-refractivity contribution < 1.29 is 9.90 Å². The Kier molecular flexibility index (Phi) is 4.47. The molecule has 3 heterocycles. The summed E-state index contributed by atoms with van der Waals surface area (Å²) in [6.45, 7) is 2.98. The summed E-state index contributed by atoms with van der Waals surface area (Å²) in [6, 6.07) is 5.09. The lowest BCUT2D eigenvalue weighted by Crippen LogP contribution is -2.42. The van der Waals surface area contributed by atoms with Crippen LogP contribution in [0.3, 0.4) is 0 Å². The van der Waals surface area contributed by atoms with Gasteiger partial charge < -0.3 is 15.3 Å². The summed E-state index contributed by atoms with van der Waals surface area (Å²) in [5, 5.41) is 12.6. The summed E-state index contributed by atoms with van der Waals surface area (Å²) >= 11 is 0. The van der Waals surface area contributed by atoms with Gasteiger partial charge in [-0.1, -0.05) is 0 Å². The van der Waals surface area contributed by atoms with E-state index >= 15 is 0 Å². The molecule has 0 saturated carbocycles. The lowest BCUT2D eigenvalue weighted by molar-refractivity contribution is 0.0920. The molecule has 1 aliphatic heterocycles. The highest BCUT2D eigenvalue weighted by atomic mass is 16.3. The van der Waals surface area contributed by atoms with Crippen LogP contribution in [-0.4, -0.2) is 51.7 Å². The first kappa shape index (κ1) is 15.4. The van der Waals surface area contributed by atoms with Gasteiger partial charge in [-0.2, -0.15) is 0 Å². The molecule has 7 nitrogen and oxygen atoms in total. The minimum Gasteiger partial charge on any atom is -0.396 e. The molecule has 1 aliphatic rings. The van der Waals surface area contributed by atoms with E-state index < -0.39 is 0 Å². The Morgan fingerprint density at radius 1 is 1.26 bits per heavy atom. The zero-order valence-corrected chi connectivity index (χ0v) is 12.9. The summed E-state index contributed by atoms with van der Waals surface area (Å²) < 4.78 is 0. The van der Waals surface area contributed by atoms with Gasteiger partial charge in [-0.25, -0.2) is 9.97 Å². The topological polar surface area (TPSA) is 91.2 Å². The molecule has 1 fully saturated rings. The van der Waals surface area contributed by atoms with Crippen molar-refractivity contribution in [2.24, 2.45) is 5.92 Å². The highest BCUT2D eigenvalue weighted by Crippen LogP contribution is 2.21. The van der Waals surface area contributed by atoms with Crippen molar-refractivity contribution >= 4 is 11.9 Å². The molecule has 0 spiro atoms. The van der Waals surface area contributed by atoms with Gasteiger partial charge in [-0.05, 0) is 25.1 Å². The van der Waals surface area contributed by atoms with Crippen molar-refractivity contribution in [3.8, 4) is 0 Å². The van der Waals surface area contributed by atoms with Gasteiger partial charge in [0.1, 0.15) is 0 Å². The lowest BCUT2D eigenvalue weighted by atomic mass is 10.0. The number of amides is 1. The molecule has 1 saturated heterocycles. The zero-order chi connectivity index (χ0) is 16.2. The van der Waals surface area contributed by atoms with E-state index in [9.17, 15) is 9.90 Å². The molecule has 3 rings (SSSR count). The smallest absolute Gasteiger partial charge is 0.253 e. The Balaban J connectivity index is 1.72. The molecule has 0 unspecified atom stereocenters. The fourth-order valence-corrected chi connectivity index (χ4v) is 2.81. The van der Waals surface area contributed by atoms with Crippen molar-refractivity contribution in [3.63, 3.8) is 0 Å². The van der Waals surface area contributed by atoms with E-state index in [0.717, 1.165) is 0 Å². The van der Waals surface area contributed by atoms with E-state index in [0.29, 0.717) is 30.3 Å². The minimum atomic E-state index is -0.171. The van der Waals surface area contributed by atoms with Crippen molar-refractivity contribution in [3.05, 3.63) is 48.0 Å². The van der Waals surface area contributed by atoms with Crippen LogP contribution in [0.1, 0.15) is 16.1 Å². The number of pyridine rings is 1. The van der Waals surface area contributed by atoms with Crippen LogP contribution in [0.5, 0.6) is 0 Å². The normalized spacial score (nSPS) is 20.5. The minimum absolute atomic E-state index is 0.000300. The highest BCUT2D eigenvalue weighted by Gasteiger charge is 2.34. The number of anilines is 1. The van der Waals surface area contributed by atoms with Gasteiger partial charge >= 0.3 is 0 Å². The van der Waals surface area contributed by atoms with Crippen LogP contribution in [0.2, 0.25) is 0 Å². The van der Waals surface area contributed by atoms with E-state index in [1.165, 1.54) is 0 Å². The second kappa shape index (κ2) is 6.70.